The van der Waals surface area contributed by atoms with Gasteiger partial charge in [-0.25, -0.2) is 4.79 Å². The van der Waals surface area contributed by atoms with Gasteiger partial charge in [-0.2, -0.15) is 5.26 Å². The van der Waals surface area contributed by atoms with Crippen LogP contribution in [0.4, 0.5) is 0 Å². The number of hydrogen-bond donors (Lipinski definition) is 1. The molecule has 0 radical (unpaired) electrons. The molecule has 0 fully saturated rings. The first-order valence-electron chi connectivity index (χ1n) is 6.40. The Morgan fingerprint density at radius 2 is 2.00 bits per heavy atom. The van der Waals surface area contributed by atoms with Crippen molar-refractivity contribution in [1.29, 1.82) is 5.26 Å². The Morgan fingerprint density at radius 3 is 2.50 bits per heavy atom. The van der Waals surface area contributed by atoms with Crippen LogP contribution in [0.25, 0.3) is 17.3 Å². The van der Waals surface area contributed by atoms with Gasteiger partial charge < -0.3 is 10.5 Å². The highest BCUT2D eigenvalue weighted by molar-refractivity contribution is 9.10. The van der Waals surface area contributed by atoms with Gasteiger partial charge in [-0.3, -0.25) is 14.2 Å². The van der Waals surface area contributed by atoms with Gasteiger partial charge in [-0.1, -0.05) is 15.9 Å². The fraction of sp³-hybridized carbons (Fsp3) is 0.0667. The minimum atomic E-state index is -0.964. The number of esters is 1. The molecule has 0 aliphatic rings. The van der Waals surface area contributed by atoms with Crippen molar-refractivity contribution < 1.29 is 14.3 Å². The van der Waals surface area contributed by atoms with E-state index < -0.39 is 17.4 Å². The number of halogens is 1. The Labute approximate surface area is 148 Å². The quantitative estimate of drug-likeness (QED) is 0.705. The van der Waals surface area contributed by atoms with Crippen molar-refractivity contribution in [2.75, 3.05) is 7.11 Å². The molecule has 24 heavy (non-hydrogen) atoms. The lowest BCUT2D eigenvalue weighted by Gasteiger charge is -2.02. The van der Waals surface area contributed by atoms with Crippen LogP contribution < -0.4 is 20.5 Å². The van der Waals surface area contributed by atoms with Crippen molar-refractivity contribution in [2.45, 2.75) is 0 Å². The van der Waals surface area contributed by atoms with E-state index in [-0.39, 0.29) is 14.8 Å². The van der Waals surface area contributed by atoms with E-state index in [0.29, 0.717) is 5.69 Å². The predicted octanol–water partition coefficient (Wildman–Crippen LogP) is -0.225. The molecule has 0 spiro atoms. The summed E-state index contributed by atoms with van der Waals surface area (Å²) in [6.45, 7) is 0. The van der Waals surface area contributed by atoms with Crippen LogP contribution >= 0.6 is 27.3 Å². The molecule has 0 unspecified atom stereocenters. The number of ether oxygens (including phenoxy) is 1. The molecule has 1 aromatic carbocycles. The zero-order valence-electron chi connectivity index (χ0n) is 12.3. The molecule has 2 aromatic rings. The number of amides is 1. The summed E-state index contributed by atoms with van der Waals surface area (Å²) in [5.74, 6) is -1.69. The molecule has 2 N–H and O–H groups in total. The Kier molecular flexibility index (Phi) is 5.33. The van der Waals surface area contributed by atoms with E-state index in [1.807, 2.05) is 0 Å². The van der Waals surface area contributed by atoms with Gasteiger partial charge in [0.05, 0.1) is 12.8 Å². The highest BCUT2D eigenvalue weighted by atomic mass is 79.9. The van der Waals surface area contributed by atoms with E-state index in [2.05, 4.69) is 20.7 Å². The molecular formula is C15H10BrN3O4S. The van der Waals surface area contributed by atoms with Crippen molar-refractivity contribution >= 4 is 50.8 Å². The number of nitrogens with two attached hydrogens (primary N) is 1. The van der Waals surface area contributed by atoms with E-state index in [9.17, 15) is 19.6 Å². The van der Waals surface area contributed by atoms with Crippen molar-refractivity contribution in [3.05, 3.63) is 48.3 Å². The largest absolute Gasteiger partial charge is 0.466 e. The third-order valence-electron chi connectivity index (χ3n) is 2.93. The van der Waals surface area contributed by atoms with Gasteiger partial charge in [0.1, 0.15) is 15.3 Å². The Hall–Kier alpha value is -2.70. The number of rotatable bonds is 3. The number of nitrogens with zero attached hydrogens (tertiary/aromatic N) is 2. The minimum Gasteiger partial charge on any atom is -0.466 e. The van der Waals surface area contributed by atoms with Gasteiger partial charge in [-0.15, -0.1) is 11.3 Å². The third-order valence-corrected chi connectivity index (χ3v) is 4.55. The predicted molar refractivity (Wildman–Crippen MR) is 91.6 cm³/mol. The third kappa shape index (κ3) is 3.45. The maximum atomic E-state index is 12.6. The second-order valence-electron chi connectivity index (χ2n) is 4.41. The Bertz CT molecular complexity index is 1030. The number of carbonyl (C=O) groups is 2. The molecule has 0 aliphatic carbocycles. The summed E-state index contributed by atoms with van der Waals surface area (Å²) in [7, 11) is 1.18. The van der Waals surface area contributed by atoms with Crippen LogP contribution in [0.2, 0.25) is 0 Å². The minimum absolute atomic E-state index is 0.0220. The average molecular weight is 408 g/mol. The van der Waals surface area contributed by atoms with Crippen LogP contribution in [0.5, 0.6) is 0 Å². The topological polar surface area (TPSA) is 115 Å². The number of primary amides is 1. The average Bonchev–Trinajstić information content (AvgIpc) is 2.85. The van der Waals surface area contributed by atoms with E-state index in [1.54, 1.807) is 30.3 Å². The lowest BCUT2D eigenvalue weighted by Crippen LogP contribution is -2.32. The summed E-state index contributed by atoms with van der Waals surface area (Å²) >= 11 is 4.10. The van der Waals surface area contributed by atoms with Gasteiger partial charge in [0.2, 0.25) is 0 Å². The van der Waals surface area contributed by atoms with E-state index in [1.165, 1.54) is 7.11 Å². The SMILES string of the molecule is COC(=O)/C=c1/s/c(=C(\C#N)C(N)=O)n(-c2ccc(Br)cc2)c1=O. The molecule has 0 atom stereocenters. The molecule has 0 aliphatic heterocycles. The van der Waals surface area contributed by atoms with Gasteiger partial charge in [0, 0.05) is 10.5 Å². The summed E-state index contributed by atoms with van der Waals surface area (Å²) in [5, 5.41) is 9.19. The van der Waals surface area contributed by atoms with E-state index in [0.717, 1.165) is 26.5 Å². The van der Waals surface area contributed by atoms with Crippen LogP contribution in [0, 0.1) is 11.3 Å². The van der Waals surface area contributed by atoms with Crippen molar-refractivity contribution in [3.8, 4) is 11.8 Å². The van der Waals surface area contributed by atoms with Gasteiger partial charge in [0.15, 0.2) is 5.57 Å². The highest BCUT2D eigenvalue weighted by Gasteiger charge is 2.15. The molecular weight excluding hydrogens is 398 g/mol. The second-order valence-corrected chi connectivity index (χ2v) is 6.35. The van der Waals surface area contributed by atoms with Crippen molar-refractivity contribution in [1.82, 2.24) is 4.57 Å². The highest BCUT2D eigenvalue weighted by Crippen LogP contribution is 2.12. The Balaban J connectivity index is 2.97. The number of aromatic nitrogens is 1. The molecule has 7 nitrogen and oxygen atoms in total. The van der Waals surface area contributed by atoms with Crippen LogP contribution in [0.1, 0.15) is 0 Å². The fourth-order valence-electron chi connectivity index (χ4n) is 1.85. The molecule has 1 heterocycles. The first-order chi connectivity index (χ1) is 11.4. The number of carbonyl (C=O) groups excluding carboxylic acids is 2. The first kappa shape index (κ1) is 17.7. The molecule has 0 bridgehead atoms. The molecule has 0 saturated carbocycles. The lowest BCUT2D eigenvalue weighted by molar-refractivity contribution is -0.133. The molecule has 1 amide bonds. The monoisotopic (exact) mass is 407 g/mol. The Morgan fingerprint density at radius 1 is 1.38 bits per heavy atom. The molecule has 122 valence electrons. The maximum Gasteiger partial charge on any atom is 0.332 e. The van der Waals surface area contributed by atoms with Crippen molar-refractivity contribution in [3.63, 3.8) is 0 Å². The standard InChI is InChI=1S/C15H10BrN3O4S/c1-23-12(20)6-11-14(22)19(9-4-2-8(16)3-5-9)15(24-11)10(7-17)13(18)21/h2-6H,1H3,(H2,18,21)/b11-6+,15-10+. The number of hydrogen-bond acceptors (Lipinski definition) is 6. The summed E-state index contributed by atoms with van der Waals surface area (Å²) < 4.78 is 6.53. The van der Waals surface area contributed by atoms with E-state index >= 15 is 0 Å². The number of thiazole rings is 1. The molecule has 2 rings (SSSR count). The van der Waals surface area contributed by atoms with Crippen LogP contribution in [-0.2, 0) is 14.3 Å². The zero-order valence-corrected chi connectivity index (χ0v) is 14.7. The van der Waals surface area contributed by atoms with Gasteiger partial charge in [0.25, 0.3) is 11.5 Å². The molecule has 1 aromatic heterocycles. The first-order valence-corrected chi connectivity index (χ1v) is 8.01. The fourth-order valence-corrected chi connectivity index (χ4v) is 3.18. The van der Waals surface area contributed by atoms with Gasteiger partial charge >= 0.3 is 5.97 Å². The maximum absolute atomic E-state index is 12.6. The normalized spacial score (nSPS) is 12.5. The van der Waals surface area contributed by atoms with Crippen LogP contribution in [-0.4, -0.2) is 23.6 Å². The molecule has 9 heteroatoms. The summed E-state index contributed by atoms with van der Waals surface area (Å²) in [5.41, 5.74) is 4.72. The van der Waals surface area contributed by atoms with Crippen LogP contribution in [0.3, 0.4) is 0 Å². The van der Waals surface area contributed by atoms with Crippen LogP contribution in [0.15, 0.2) is 33.5 Å². The molecule has 0 saturated heterocycles. The number of methoxy groups -OCH3 is 1. The van der Waals surface area contributed by atoms with Crippen molar-refractivity contribution in [2.24, 2.45) is 5.73 Å². The second kappa shape index (κ2) is 7.25. The summed E-state index contributed by atoms with van der Waals surface area (Å²) in [6, 6.07) is 8.35. The smallest absolute Gasteiger partial charge is 0.332 e. The summed E-state index contributed by atoms with van der Waals surface area (Å²) in [6.07, 6.45) is 1.00. The van der Waals surface area contributed by atoms with Gasteiger partial charge in [-0.05, 0) is 24.3 Å². The number of nitriles is 1. The van der Waals surface area contributed by atoms with E-state index in [4.69, 9.17) is 5.73 Å². The zero-order chi connectivity index (χ0) is 17.9. The summed E-state index contributed by atoms with van der Waals surface area (Å²) in [4.78, 5) is 35.5. The number of benzene rings is 1. The lowest BCUT2D eigenvalue weighted by atomic mass is 10.3.